The van der Waals surface area contributed by atoms with Gasteiger partial charge < -0.3 is 24.3 Å². The summed E-state index contributed by atoms with van der Waals surface area (Å²) in [5.41, 5.74) is 0. The van der Waals surface area contributed by atoms with Crippen LogP contribution in [0, 0.1) is 0 Å². The predicted molar refractivity (Wildman–Crippen MR) is 41.0 cm³/mol. The molecule has 1 heterocycles. The summed E-state index contributed by atoms with van der Waals surface area (Å²) in [7, 11) is -5.04. The Kier molecular flexibility index (Phi) is 4.18. The average molecular weight is 256 g/mol. The van der Waals surface area contributed by atoms with E-state index in [1.807, 2.05) is 0 Å². The number of aliphatic carboxylic acids is 1. The second-order valence-electron chi connectivity index (χ2n) is 3.06. The first-order valence-corrected chi connectivity index (χ1v) is 5.44. The molecule has 0 aliphatic carbocycles. The Labute approximate surface area is 90.4 Å². The molecule has 0 aromatic rings. The molecule has 10 heteroatoms. The second-order valence-corrected chi connectivity index (χ2v) is 4.01. The fraction of sp³-hybridized carbons (Fsp3) is 0.833. The van der Waals surface area contributed by atoms with E-state index < -0.39 is 41.3 Å². The first-order valence-electron chi connectivity index (χ1n) is 4.11. The lowest BCUT2D eigenvalue weighted by molar-refractivity contribution is -0.331. The standard InChI is InChI=1S/C6H10O9S/c7-3-1-4(6(8)9)13-2-5(3)14-15-16(10,11)12/h3-5,7H,1-2H2,(H,8,9)(H,10,11,12)/p-2/t3-,4?,5?/m1/s1. The third-order valence-corrected chi connectivity index (χ3v) is 2.10. The third kappa shape index (κ3) is 4.00. The number of aliphatic hydroxyl groups is 1. The van der Waals surface area contributed by atoms with E-state index in [1.54, 1.807) is 0 Å². The number of rotatable bonds is 4. The van der Waals surface area contributed by atoms with Crippen molar-refractivity contribution < 1.29 is 41.9 Å². The number of carbonyl (C=O) groups excluding carboxylic acids is 1. The number of hydrogen-bond donors (Lipinski definition) is 1. The van der Waals surface area contributed by atoms with Gasteiger partial charge in [-0.2, -0.15) is 0 Å². The summed E-state index contributed by atoms with van der Waals surface area (Å²) < 4.78 is 38.2. The Morgan fingerprint density at radius 2 is 2.12 bits per heavy atom. The normalized spacial score (nSPS) is 31.2. The van der Waals surface area contributed by atoms with Crippen molar-refractivity contribution >= 4 is 16.4 Å². The highest BCUT2D eigenvalue weighted by Gasteiger charge is 2.32. The van der Waals surface area contributed by atoms with Crippen molar-refractivity contribution in [1.82, 2.24) is 0 Å². The maximum atomic E-state index is 10.4. The maximum Gasteiger partial charge on any atom is 0.245 e. The van der Waals surface area contributed by atoms with E-state index in [0.29, 0.717) is 0 Å². The van der Waals surface area contributed by atoms with Crippen molar-refractivity contribution in [2.24, 2.45) is 0 Å². The molecule has 3 atom stereocenters. The van der Waals surface area contributed by atoms with Gasteiger partial charge in [0, 0.05) is 6.42 Å². The smallest absolute Gasteiger partial charge is 0.245 e. The van der Waals surface area contributed by atoms with E-state index in [-0.39, 0.29) is 6.42 Å². The molecule has 0 aromatic carbocycles. The fourth-order valence-corrected chi connectivity index (χ4v) is 1.31. The quantitative estimate of drug-likeness (QED) is 0.236. The number of carboxylic acids is 1. The van der Waals surface area contributed by atoms with Crippen LogP contribution >= 0.6 is 0 Å². The molecule has 0 radical (unpaired) electrons. The zero-order valence-electron chi connectivity index (χ0n) is 7.77. The molecule has 0 bridgehead atoms. The van der Waals surface area contributed by atoms with Crippen molar-refractivity contribution in [1.29, 1.82) is 0 Å². The van der Waals surface area contributed by atoms with Crippen molar-refractivity contribution in [2.45, 2.75) is 24.7 Å². The highest BCUT2D eigenvalue weighted by Crippen LogP contribution is 2.17. The van der Waals surface area contributed by atoms with Crippen LogP contribution in [0.5, 0.6) is 0 Å². The molecule has 1 fully saturated rings. The van der Waals surface area contributed by atoms with Crippen LogP contribution < -0.4 is 5.11 Å². The van der Waals surface area contributed by atoms with Gasteiger partial charge in [-0.3, -0.25) is 0 Å². The summed E-state index contributed by atoms with van der Waals surface area (Å²) in [5.74, 6) is -1.50. The topological polar surface area (TPSA) is 145 Å². The molecule has 1 N–H and O–H groups in total. The van der Waals surface area contributed by atoms with E-state index in [1.165, 1.54) is 0 Å². The molecule has 2 unspecified atom stereocenters. The van der Waals surface area contributed by atoms with E-state index in [2.05, 4.69) is 14.0 Å². The van der Waals surface area contributed by atoms with Crippen LogP contribution in [0.15, 0.2) is 0 Å². The average Bonchev–Trinajstić information content (AvgIpc) is 2.14. The molecular weight excluding hydrogens is 248 g/mol. The minimum atomic E-state index is -5.04. The number of aliphatic hydroxyl groups excluding tert-OH is 1. The molecule has 0 amide bonds. The summed E-state index contributed by atoms with van der Waals surface area (Å²) in [5, 5.41) is 19.7. The van der Waals surface area contributed by atoms with Crippen molar-refractivity contribution in [3.05, 3.63) is 0 Å². The minimum Gasteiger partial charge on any atom is -0.724 e. The first-order chi connectivity index (χ1) is 7.29. The van der Waals surface area contributed by atoms with Gasteiger partial charge in [0.2, 0.25) is 10.4 Å². The van der Waals surface area contributed by atoms with Gasteiger partial charge in [0.25, 0.3) is 0 Å². The van der Waals surface area contributed by atoms with Gasteiger partial charge in [-0.05, 0) is 0 Å². The van der Waals surface area contributed by atoms with Gasteiger partial charge in [-0.15, -0.1) is 4.33 Å². The third-order valence-electron chi connectivity index (χ3n) is 1.86. The molecule has 1 saturated heterocycles. The summed E-state index contributed by atoms with van der Waals surface area (Å²) >= 11 is 0. The van der Waals surface area contributed by atoms with E-state index in [4.69, 9.17) is 0 Å². The molecule has 16 heavy (non-hydrogen) atoms. The Balaban J connectivity index is 2.45. The second kappa shape index (κ2) is 5.03. The predicted octanol–water partition coefficient (Wildman–Crippen LogP) is -3.34. The largest absolute Gasteiger partial charge is 0.724 e. The van der Waals surface area contributed by atoms with Gasteiger partial charge in [-0.1, -0.05) is 0 Å². The Bertz CT molecular complexity index is 349. The van der Waals surface area contributed by atoms with Gasteiger partial charge >= 0.3 is 0 Å². The Morgan fingerprint density at radius 3 is 2.56 bits per heavy atom. The van der Waals surface area contributed by atoms with Crippen LogP contribution in [-0.2, 0) is 29.2 Å². The zero-order chi connectivity index (χ0) is 12.3. The number of carboxylic acid groups (broad SMARTS) is 1. The Morgan fingerprint density at radius 1 is 1.50 bits per heavy atom. The molecule has 0 aromatic heterocycles. The minimum absolute atomic E-state index is 0.352. The molecule has 0 spiro atoms. The van der Waals surface area contributed by atoms with Crippen LogP contribution in [0.25, 0.3) is 0 Å². The number of ether oxygens (including phenoxy) is 1. The first kappa shape index (κ1) is 13.3. The summed E-state index contributed by atoms with van der Waals surface area (Å²) in [6, 6.07) is 0. The lowest BCUT2D eigenvalue weighted by atomic mass is 10.0. The molecule has 0 saturated carbocycles. The van der Waals surface area contributed by atoms with Crippen LogP contribution in [0.4, 0.5) is 0 Å². The fourth-order valence-electron chi connectivity index (χ4n) is 1.12. The summed E-state index contributed by atoms with van der Waals surface area (Å²) in [6.45, 7) is -0.435. The highest BCUT2D eigenvalue weighted by atomic mass is 32.3. The molecule has 1 rings (SSSR count). The summed E-state index contributed by atoms with van der Waals surface area (Å²) in [4.78, 5) is 14.5. The lowest BCUT2D eigenvalue weighted by Crippen LogP contribution is -2.49. The Hall–Kier alpha value is -0.780. The van der Waals surface area contributed by atoms with Crippen LogP contribution in [0.3, 0.4) is 0 Å². The van der Waals surface area contributed by atoms with Gasteiger partial charge in [0.1, 0.15) is 6.10 Å². The van der Waals surface area contributed by atoms with Crippen molar-refractivity contribution in [3.63, 3.8) is 0 Å². The molecule has 1 aliphatic heterocycles. The van der Waals surface area contributed by atoms with Crippen LogP contribution in [0.1, 0.15) is 6.42 Å². The van der Waals surface area contributed by atoms with Gasteiger partial charge in [0.15, 0.2) is 0 Å². The maximum absolute atomic E-state index is 10.4. The van der Waals surface area contributed by atoms with Crippen LogP contribution in [-0.4, -0.2) is 49.0 Å². The van der Waals surface area contributed by atoms with E-state index in [9.17, 15) is 28.0 Å². The van der Waals surface area contributed by atoms with Crippen LogP contribution in [0.2, 0.25) is 0 Å². The molecular formula is C6H8O9S-2. The van der Waals surface area contributed by atoms with Gasteiger partial charge in [0.05, 0.1) is 24.8 Å². The number of carbonyl (C=O) groups is 1. The van der Waals surface area contributed by atoms with Crippen molar-refractivity contribution in [3.8, 4) is 0 Å². The van der Waals surface area contributed by atoms with Crippen molar-refractivity contribution in [2.75, 3.05) is 6.61 Å². The molecule has 94 valence electrons. The SMILES string of the molecule is O=C([O-])C1C[C@@H](O)C(OOS(=O)(=O)[O-])CO1. The van der Waals surface area contributed by atoms with E-state index in [0.717, 1.165) is 0 Å². The molecule has 9 nitrogen and oxygen atoms in total. The highest BCUT2D eigenvalue weighted by molar-refractivity contribution is 7.80. The van der Waals surface area contributed by atoms with E-state index >= 15 is 0 Å². The monoisotopic (exact) mass is 256 g/mol. The molecule has 1 aliphatic rings. The van der Waals surface area contributed by atoms with Gasteiger partial charge in [-0.25, -0.2) is 13.3 Å². The lowest BCUT2D eigenvalue weighted by Gasteiger charge is -2.32. The number of hydrogen-bond acceptors (Lipinski definition) is 9. The zero-order valence-corrected chi connectivity index (χ0v) is 8.58. The summed E-state index contributed by atoms with van der Waals surface area (Å²) in [6.07, 6.45) is -4.24.